The minimum absolute atomic E-state index is 0.121. The molecule has 1 heterocycles. The first kappa shape index (κ1) is 11.7. The summed E-state index contributed by atoms with van der Waals surface area (Å²) < 4.78 is 4.92. The number of rotatable bonds is 2. The van der Waals surface area contributed by atoms with E-state index in [1.54, 1.807) is 18.0 Å². The van der Waals surface area contributed by atoms with Crippen molar-refractivity contribution in [3.63, 3.8) is 0 Å². The van der Waals surface area contributed by atoms with Crippen molar-refractivity contribution in [1.29, 1.82) is 0 Å². The van der Waals surface area contributed by atoms with E-state index in [1.165, 1.54) is 6.26 Å². The van der Waals surface area contributed by atoms with Crippen LogP contribution in [0.2, 0.25) is 5.22 Å². The van der Waals surface area contributed by atoms with Crippen molar-refractivity contribution >= 4 is 23.2 Å². The molecule has 2 aromatic rings. The van der Waals surface area contributed by atoms with Gasteiger partial charge in [0.05, 0.1) is 11.8 Å². The van der Waals surface area contributed by atoms with Crippen LogP contribution in [0.1, 0.15) is 15.9 Å². The Kier molecular flexibility index (Phi) is 3.20. The van der Waals surface area contributed by atoms with Gasteiger partial charge in [0.15, 0.2) is 0 Å². The van der Waals surface area contributed by atoms with Gasteiger partial charge in [-0.15, -0.1) is 0 Å². The Hall–Kier alpha value is -1.74. The minimum Gasteiger partial charge on any atom is -0.452 e. The molecule has 0 saturated carbocycles. The summed E-state index contributed by atoms with van der Waals surface area (Å²) in [5.41, 5.74) is 2.26. The summed E-state index contributed by atoms with van der Waals surface area (Å²) in [6, 6.07) is 9.24. The quantitative estimate of drug-likeness (QED) is 0.816. The lowest BCUT2D eigenvalue weighted by molar-refractivity contribution is 0.0992. The predicted molar refractivity (Wildman–Crippen MR) is 67.6 cm³/mol. The number of aryl methyl sites for hydroxylation is 1. The molecule has 1 amide bonds. The summed E-state index contributed by atoms with van der Waals surface area (Å²) in [4.78, 5) is 13.7. The van der Waals surface area contributed by atoms with E-state index < -0.39 is 0 Å². The molecule has 1 aromatic heterocycles. The van der Waals surface area contributed by atoms with Crippen LogP contribution in [0, 0.1) is 6.92 Å². The number of hydrogen-bond donors (Lipinski definition) is 0. The van der Waals surface area contributed by atoms with Crippen LogP contribution in [0.25, 0.3) is 0 Å². The Morgan fingerprint density at radius 1 is 1.29 bits per heavy atom. The summed E-state index contributed by atoms with van der Waals surface area (Å²) in [5, 5.41) is 0.121. The number of amides is 1. The molecule has 4 heteroatoms. The van der Waals surface area contributed by atoms with Crippen molar-refractivity contribution in [2.75, 3.05) is 11.9 Å². The Bertz CT molecular complexity index is 548. The molecule has 3 nitrogen and oxygen atoms in total. The normalized spacial score (nSPS) is 10.3. The van der Waals surface area contributed by atoms with Gasteiger partial charge in [0, 0.05) is 12.7 Å². The monoisotopic (exact) mass is 249 g/mol. The second-order valence-electron chi connectivity index (χ2n) is 3.76. The Morgan fingerprint density at radius 3 is 2.59 bits per heavy atom. The van der Waals surface area contributed by atoms with Gasteiger partial charge in [0.1, 0.15) is 0 Å². The average Bonchev–Trinajstić information content (AvgIpc) is 2.74. The SMILES string of the molecule is Cc1ccccc1N(C)C(=O)c1ccoc1Cl. The lowest BCUT2D eigenvalue weighted by Crippen LogP contribution is -2.26. The van der Waals surface area contributed by atoms with E-state index in [-0.39, 0.29) is 11.1 Å². The third-order valence-corrected chi connectivity index (χ3v) is 2.92. The van der Waals surface area contributed by atoms with Crippen LogP contribution in [0.15, 0.2) is 41.0 Å². The van der Waals surface area contributed by atoms with E-state index in [4.69, 9.17) is 16.0 Å². The van der Waals surface area contributed by atoms with E-state index >= 15 is 0 Å². The van der Waals surface area contributed by atoms with Crippen molar-refractivity contribution in [2.24, 2.45) is 0 Å². The van der Waals surface area contributed by atoms with E-state index in [0.29, 0.717) is 5.56 Å². The molecule has 0 spiro atoms. The van der Waals surface area contributed by atoms with Crippen LogP contribution in [0.4, 0.5) is 5.69 Å². The van der Waals surface area contributed by atoms with Crippen molar-refractivity contribution in [3.05, 3.63) is 52.9 Å². The van der Waals surface area contributed by atoms with Gasteiger partial charge in [0.2, 0.25) is 5.22 Å². The van der Waals surface area contributed by atoms with Crippen molar-refractivity contribution < 1.29 is 9.21 Å². The molecule has 0 atom stereocenters. The number of furan rings is 1. The van der Waals surface area contributed by atoms with Crippen molar-refractivity contribution in [3.8, 4) is 0 Å². The van der Waals surface area contributed by atoms with Gasteiger partial charge in [-0.25, -0.2) is 0 Å². The van der Waals surface area contributed by atoms with Gasteiger partial charge in [-0.1, -0.05) is 18.2 Å². The van der Waals surface area contributed by atoms with Crippen molar-refractivity contribution in [1.82, 2.24) is 0 Å². The molecule has 0 unspecified atom stereocenters. The minimum atomic E-state index is -0.182. The summed E-state index contributed by atoms with van der Waals surface area (Å²) in [7, 11) is 1.72. The third kappa shape index (κ3) is 2.19. The topological polar surface area (TPSA) is 33.5 Å². The first-order chi connectivity index (χ1) is 8.11. The van der Waals surface area contributed by atoms with Crippen LogP contribution < -0.4 is 4.90 Å². The molecule has 0 radical (unpaired) electrons. The molecule has 0 aliphatic rings. The van der Waals surface area contributed by atoms with Gasteiger partial charge in [-0.05, 0) is 36.2 Å². The third-order valence-electron chi connectivity index (χ3n) is 2.63. The molecular weight excluding hydrogens is 238 g/mol. The average molecular weight is 250 g/mol. The van der Waals surface area contributed by atoms with E-state index in [1.807, 2.05) is 31.2 Å². The predicted octanol–water partition coefficient (Wildman–Crippen LogP) is 3.52. The lowest BCUT2D eigenvalue weighted by atomic mass is 10.1. The molecule has 0 N–H and O–H groups in total. The van der Waals surface area contributed by atoms with E-state index in [0.717, 1.165) is 11.3 Å². The number of nitrogens with zero attached hydrogens (tertiary/aromatic N) is 1. The highest BCUT2D eigenvalue weighted by molar-refractivity contribution is 6.32. The number of para-hydroxylation sites is 1. The van der Waals surface area contributed by atoms with Crippen molar-refractivity contribution in [2.45, 2.75) is 6.92 Å². The highest BCUT2D eigenvalue weighted by Gasteiger charge is 2.19. The molecule has 1 aromatic carbocycles. The number of benzene rings is 1. The fourth-order valence-electron chi connectivity index (χ4n) is 1.68. The van der Waals surface area contributed by atoms with Crippen LogP contribution in [-0.2, 0) is 0 Å². The molecule has 0 aliphatic heterocycles. The molecule has 0 fully saturated rings. The van der Waals surface area contributed by atoms with Gasteiger partial charge >= 0.3 is 0 Å². The first-order valence-corrected chi connectivity index (χ1v) is 5.55. The van der Waals surface area contributed by atoms with Gasteiger partial charge in [-0.3, -0.25) is 4.79 Å². The fraction of sp³-hybridized carbons (Fsp3) is 0.154. The van der Waals surface area contributed by atoms with Crippen LogP contribution in [0.3, 0.4) is 0 Å². The molecule has 2 rings (SSSR count). The number of carbonyl (C=O) groups is 1. The summed E-state index contributed by atoms with van der Waals surface area (Å²) in [6.45, 7) is 1.95. The van der Waals surface area contributed by atoms with Crippen LogP contribution >= 0.6 is 11.6 Å². The summed E-state index contributed by atoms with van der Waals surface area (Å²) in [6.07, 6.45) is 1.40. The number of halogens is 1. The number of anilines is 1. The van der Waals surface area contributed by atoms with Gasteiger partial charge in [0.25, 0.3) is 5.91 Å². The molecule has 0 bridgehead atoms. The molecule has 17 heavy (non-hydrogen) atoms. The zero-order valence-corrected chi connectivity index (χ0v) is 10.4. The standard InChI is InChI=1S/C13H12ClNO2/c1-9-5-3-4-6-11(9)15(2)13(16)10-7-8-17-12(10)14/h3-8H,1-2H3. The van der Waals surface area contributed by atoms with Gasteiger partial charge < -0.3 is 9.32 Å². The highest BCUT2D eigenvalue weighted by atomic mass is 35.5. The summed E-state index contributed by atoms with van der Waals surface area (Å²) in [5.74, 6) is -0.182. The maximum Gasteiger partial charge on any atom is 0.262 e. The summed E-state index contributed by atoms with van der Waals surface area (Å²) >= 11 is 5.79. The first-order valence-electron chi connectivity index (χ1n) is 5.18. The zero-order valence-electron chi connectivity index (χ0n) is 9.61. The van der Waals surface area contributed by atoms with E-state index in [9.17, 15) is 4.79 Å². The number of carbonyl (C=O) groups excluding carboxylic acids is 1. The second kappa shape index (κ2) is 4.63. The van der Waals surface area contributed by atoms with Crippen LogP contribution in [0.5, 0.6) is 0 Å². The Labute approximate surface area is 105 Å². The lowest BCUT2D eigenvalue weighted by Gasteiger charge is -2.18. The second-order valence-corrected chi connectivity index (χ2v) is 4.10. The fourth-order valence-corrected chi connectivity index (χ4v) is 1.87. The maximum absolute atomic E-state index is 12.2. The smallest absolute Gasteiger partial charge is 0.262 e. The van der Waals surface area contributed by atoms with E-state index in [2.05, 4.69) is 0 Å². The van der Waals surface area contributed by atoms with Gasteiger partial charge in [-0.2, -0.15) is 0 Å². The van der Waals surface area contributed by atoms with Crippen LogP contribution in [-0.4, -0.2) is 13.0 Å². The zero-order chi connectivity index (χ0) is 12.4. The molecule has 88 valence electrons. The Balaban J connectivity index is 2.33. The Morgan fingerprint density at radius 2 is 2.00 bits per heavy atom. The molecule has 0 aliphatic carbocycles. The largest absolute Gasteiger partial charge is 0.452 e. The molecule has 0 saturated heterocycles. The molecular formula is C13H12ClNO2. The highest BCUT2D eigenvalue weighted by Crippen LogP contribution is 2.23. The maximum atomic E-state index is 12.2. The number of hydrogen-bond acceptors (Lipinski definition) is 2.